The van der Waals surface area contributed by atoms with Gasteiger partial charge in [0.05, 0.1) is 0 Å². The van der Waals surface area contributed by atoms with E-state index in [1.54, 1.807) is 6.07 Å². The van der Waals surface area contributed by atoms with E-state index in [2.05, 4.69) is 18.2 Å². The van der Waals surface area contributed by atoms with Crippen LogP contribution in [0.1, 0.15) is 30.4 Å². The van der Waals surface area contributed by atoms with Crippen LogP contribution in [0.15, 0.2) is 54.6 Å². The van der Waals surface area contributed by atoms with E-state index in [1.165, 1.54) is 0 Å². The maximum absolute atomic E-state index is 11.4. The number of nitrogens with zero attached hydrogens (tertiary/aromatic N) is 1. The molecule has 0 saturated carbocycles. The van der Waals surface area contributed by atoms with Crippen LogP contribution in [0.2, 0.25) is 0 Å². The average molecular weight is 279 g/mol. The lowest BCUT2D eigenvalue weighted by Crippen LogP contribution is -2.10. The summed E-state index contributed by atoms with van der Waals surface area (Å²) in [5.74, 6) is -0.888. The lowest BCUT2D eigenvalue weighted by atomic mass is 10.0. The second-order valence-electron chi connectivity index (χ2n) is 5.44. The van der Waals surface area contributed by atoms with E-state index in [-0.39, 0.29) is 6.04 Å². The van der Waals surface area contributed by atoms with Gasteiger partial charge in [0.2, 0.25) is 0 Å². The normalized spacial score (nSPS) is 11.2. The number of benzene rings is 2. The van der Waals surface area contributed by atoms with Crippen LogP contribution in [0.3, 0.4) is 0 Å². The molecule has 3 nitrogen and oxygen atoms in total. The van der Waals surface area contributed by atoms with Gasteiger partial charge in [-0.1, -0.05) is 36.4 Å². The third-order valence-electron chi connectivity index (χ3n) is 3.68. The van der Waals surface area contributed by atoms with Gasteiger partial charge in [0.15, 0.2) is 0 Å². The Morgan fingerprint density at radius 2 is 1.71 bits per heavy atom. The second kappa shape index (κ2) is 5.09. The van der Waals surface area contributed by atoms with Gasteiger partial charge in [-0.3, -0.25) is 0 Å². The lowest BCUT2D eigenvalue weighted by molar-refractivity contribution is 0.0684. The molecule has 1 N–H and O–H groups in total. The molecule has 0 spiro atoms. The fourth-order valence-electron chi connectivity index (χ4n) is 2.77. The molecule has 21 heavy (non-hydrogen) atoms. The van der Waals surface area contributed by atoms with Crippen molar-refractivity contribution in [3.8, 4) is 11.1 Å². The maximum Gasteiger partial charge on any atom is 0.352 e. The average Bonchev–Trinajstić information content (AvgIpc) is 2.87. The molecule has 0 fully saturated rings. The Bertz CT molecular complexity index is 801. The Morgan fingerprint density at radius 1 is 1.00 bits per heavy atom. The number of carbonyl (C=O) groups is 1. The van der Waals surface area contributed by atoms with Crippen LogP contribution in [0, 0.1) is 0 Å². The van der Waals surface area contributed by atoms with Gasteiger partial charge in [0, 0.05) is 16.9 Å². The first-order chi connectivity index (χ1) is 10.1. The van der Waals surface area contributed by atoms with Gasteiger partial charge < -0.3 is 9.67 Å². The Morgan fingerprint density at radius 3 is 2.33 bits per heavy atom. The molecule has 0 aliphatic rings. The Kier molecular flexibility index (Phi) is 3.26. The topological polar surface area (TPSA) is 42.2 Å². The molecule has 0 atom stereocenters. The van der Waals surface area contributed by atoms with Crippen molar-refractivity contribution >= 4 is 16.9 Å². The van der Waals surface area contributed by atoms with Gasteiger partial charge in [0.25, 0.3) is 0 Å². The minimum Gasteiger partial charge on any atom is -0.477 e. The molecule has 2 aromatic carbocycles. The predicted molar refractivity (Wildman–Crippen MR) is 84.7 cm³/mol. The van der Waals surface area contributed by atoms with Crippen LogP contribution in [-0.4, -0.2) is 15.6 Å². The zero-order valence-electron chi connectivity index (χ0n) is 12.1. The molecular formula is C18H17NO2. The number of fused-ring (bicyclic) bond motifs is 1. The summed E-state index contributed by atoms with van der Waals surface area (Å²) in [6.45, 7) is 3.99. The Hall–Kier alpha value is -2.55. The third-order valence-corrected chi connectivity index (χ3v) is 3.68. The summed E-state index contributed by atoms with van der Waals surface area (Å²) in [6.07, 6.45) is 0. The van der Waals surface area contributed by atoms with Crippen molar-refractivity contribution in [1.82, 2.24) is 4.57 Å². The van der Waals surface area contributed by atoms with Crippen LogP contribution in [0.5, 0.6) is 0 Å². The van der Waals surface area contributed by atoms with Crippen LogP contribution < -0.4 is 0 Å². The Balaban J connectivity index is 2.22. The van der Waals surface area contributed by atoms with Crippen molar-refractivity contribution < 1.29 is 9.90 Å². The summed E-state index contributed by atoms with van der Waals surface area (Å²) in [6, 6.07) is 18.1. The highest BCUT2D eigenvalue weighted by molar-refractivity contribution is 5.96. The van der Waals surface area contributed by atoms with Crippen molar-refractivity contribution in [2.24, 2.45) is 0 Å². The van der Waals surface area contributed by atoms with Crippen LogP contribution >= 0.6 is 0 Å². The SMILES string of the molecule is CC(C)n1c(C(=O)O)cc2cc(-c3ccccc3)ccc21. The smallest absolute Gasteiger partial charge is 0.352 e. The van der Waals surface area contributed by atoms with E-state index in [1.807, 2.05) is 48.7 Å². The van der Waals surface area contributed by atoms with Crippen molar-refractivity contribution in [3.63, 3.8) is 0 Å². The summed E-state index contributed by atoms with van der Waals surface area (Å²) in [5.41, 5.74) is 3.53. The second-order valence-corrected chi connectivity index (χ2v) is 5.44. The molecule has 0 unspecified atom stereocenters. The molecule has 0 radical (unpaired) electrons. The van der Waals surface area contributed by atoms with Crippen molar-refractivity contribution in [2.75, 3.05) is 0 Å². The van der Waals surface area contributed by atoms with Crippen LogP contribution in [-0.2, 0) is 0 Å². The number of aromatic carboxylic acids is 1. The Labute approximate surface area is 123 Å². The third kappa shape index (κ3) is 2.31. The number of carboxylic acid groups (broad SMARTS) is 1. The molecule has 1 aromatic heterocycles. The molecule has 0 aliphatic heterocycles. The molecule has 0 bridgehead atoms. The highest BCUT2D eigenvalue weighted by Gasteiger charge is 2.16. The first-order valence-corrected chi connectivity index (χ1v) is 7.01. The molecular weight excluding hydrogens is 262 g/mol. The summed E-state index contributed by atoms with van der Waals surface area (Å²) in [5, 5.41) is 10.3. The number of hydrogen-bond acceptors (Lipinski definition) is 1. The minimum atomic E-state index is -0.888. The standard InChI is InChI=1S/C18H17NO2/c1-12(2)19-16-9-8-14(13-6-4-3-5-7-13)10-15(16)11-17(19)18(20)21/h3-12H,1-2H3,(H,20,21). The maximum atomic E-state index is 11.4. The summed E-state index contributed by atoms with van der Waals surface area (Å²) >= 11 is 0. The first kappa shape index (κ1) is 13.4. The summed E-state index contributed by atoms with van der Waals surface area (Å²) in [4.78, 5) is 11.4. The van der Waals surface area contributed by atoms with E-state index in [0.717, 1.165) is 22.0 Å². The van der Waals surface area contributed by atoms with Gasteiger partial charge in [0.1, 0.15) is 5.69 Å². The fourth-order valence-corrected chi connectivity index (χ4v) is 2.77. The van der Waals surface area contributed by atoms with E-state index in [0.29, 0.717) is 5.69 Å². The van der Waals surface area contributed by atoms with E-state index in [4.69, 9.17) is 0 Å². The van der Waals surface area contributed by atoms with Crippen LogP contribution in [0.4, 0.5) is 0 Å². The van der Waals surface area contributed by atoms with E-state index < -0.39 is 5.97 Å². The first-order valence-electron chi connectivity index (χ1n) is 7.01. The lowest BCUT2D eigenvalue weighted by Gasteiger charge is -2.12. The molecule has 106 valence electrons. The molecule has 0 amide bonds. The molecule has 3 aromatic rings. The highest BCUT2D eigenvalue weighted by atomic mass is 16.4. The van der Waals surface area contributed by atoms with Gasteiger partial charge in [-0.05, 0) is 43.2 Å². The molecule has 0 saturated heterocycles. The minimum absolute atomic E-state index is 0.108. The number of carboxylic acids is 1. The van der Waals surface area contributed by atoms with Gasteiger partial charge in [-0.15, -0.1) is 0 Å². The highest BCUT2D eigenvalue weighted by Crippen LogP contribution is 2.29. The van der Waals surface area contributed by atoms with Gasteiger partial charge >= 0.3 is 5.97 Å². The monoisotopic (exact) mass is 279 g/mol. The van der Waals surface area contributed by atoms with Crippen LogP contribution in [0.25, 0.3) is 22.0 Å². The quantitative estimate of drug-likeness (QED) is 0.762. The van der Waals surface area contributed by atoms with Crippen molar-refractivity contribution in [2.45, 2.75) is 19.9 Å². The number of aromatic nitrogens is 1. The zero-order valence-corrected chi connectivity index (χ0v) is 12.1. The number of rotatable bonds is 3. The molecule has 1 heterocycles. The van der Waals surface area contributed by atoms with E-state index in [9.17, 15) is 9.90 Å². The molecule has 3 rings (SSSR count). The zero-order chi connectivity index (χ0) is 15.0. The molecule has 3 heteroatoms. The predicted octanol–water partition coefficient (Wildman–Crippen LogP) is 4.59. The van der Waals surface area contributed by atoms with Gasteiger partial charge in [-0.2, -0.15) is 0 Å². The van der Waals surface area contributed by atoms with Crippen molar-refractivity contribution in [3.05, 3.63) is 60.3 Å². The van der Waals surface area contributed by atoms with E-state index >= 15 is 0 Å². The largest absolute Gasteiger partial charge is 0.477 e. The van der Waals surface area contributed by atoms with Gasteiger partial charge in [-0.25, -0.2) is 4.79 Å². The van der Waals surface area contributed by atoms with Crippen molar-refractivity contribution in [1.29, 1.82) is 0 Å². The summed E-state index contributed by atoms with van der Waals surface area (Å²) in [7, 11) is 0. The molecule has 0 aliphatic carbocycles. The fraction of sp³-hybridized carbons (Fsp3) is 0.167. The number of hydrogen-bond donors (Lipinski definition) is 1. The summed E-state index contributed by atoms with van der Waals surface area (Å²) < 4.78 is 1.87.